The molecule has 0 spiro atoms. The Morgan fingerprint density at radius 3 is 2.58 bits per heavy atom. The van der Waals surface area contributed by atoms with E-state index in [9.17, 15) is 9.59 Å². The zero-order valence-electron chi connectivity index (χ0n) is 14.4. The molecule has 2 amide bonds. The maximum Gasteiger partial charge on any atom is 0.254 e. The van der Waals surface area contributed by atoms with Crippen molar-refractivity contribution in [3.05, 3.63) is 35.4 Å². The summed E-state index contributed by atoms with van der Waals surface area (Å²) < 4.78 is 0. The highest BCUT2D eigenvalue weighted by molar-refractivity contribution is 5.94. The van der Waals surface area contributed by atoms with Gasteiger partial charge in [0.1, 0.15) is 0 Å². The zero-order chi connectivity index (χ0) is 17.1. The number of likely N-dealkylation sites (tertiary alicyclic amines) is 2. The lowest BCUT2D eigenvalue weighted by atomic mass is 9.96. The largest absolute Gasteiger partial charge is 0.338 e. The van der Waals surface area contributed by atoms with Crippen LogP contribution in [0, 0.1) is 0 Å². The van der Waals surface area contributed by atoms with E-state index in [1.54, 1.807) is 0 Å². The van der Waals surface area contributed by atoms with Crippen LogP contribution in [0.15, 0.2) is 24.3 Å². The SMILES string of the molecule is C[C@H](N)[C@@H]1CCCCN1C(=O)c1ccc(CN2CCCC2=O)cc1. The van der Waals surface area contributed by atoms with Gasteiger partial charge in [0.05, 0.1) is 0 Å². The van der Waals surface area contributed by atoms with Gasteiger partial charge in [-0.1, -0.05) is 12.1 Å². The van der Waals surface area contributed by atoms with Crippen LogP contribution >= 0.6 is 0 Å². The fraction of sp³-hybridized carbons (Fsp3) is 0.579. The first-order valence-electron chi connectivity index (χ1n) is 8.99. The van der Waals surface area contributed by atoms with Gasteiger partial charge in [0.15, 0.2) is 0 Å². The fourth-order valence-electron chi connectivity index (χ4n) is 3.77. The summed E-state index contributed by atoms with van der Waals surface area (Å²) in [7, 11) is 0. The summed E-state index contributed by atoms with van der Waals surface area (Å²) in [5, 5.41) is 0. The molecular formula is C19H27N3O2. The number of amides is 2. The number of carbonyl (C=O) groups is 2. The molecule has 0 bridgehead atoms. The van der Waals surface area contributed by atoms with Crippen molar-refractivity contribution in [1.82, 2.24) is 9.80 Å². The molecule has 2 saturated heterocycles. The van der Waals surface area contributed by atoms with Crippen molar-refractivity contribution in [2.24, 2.45) is 5.73 Å². The highest BCUT2D eigenvalue weighted by Crippen LogP contribution is 2.22. The lowest BCUT2D eigenvalue weighted by Gasteiger charge is -2.38. The Morgan fingerprint density at radius 2 is 1.96 bits per heavy atom. The quantitative estimate of drug-likeness (QED) is 0.920. The number of hydrogen-bond acceptors (Lipinski definition) is 3. The molecule has 5 nitrogen and oxygen atoms in total. The third-order valence-corrected chi connectivity index (χ3v) is 5.16. The molecule has 2 aliphatic heterocycles. The van der Waals surface area contributed by atoms with Crippen LogP contribution in [0.5, 0.6) is 0 Å². The highest BCUT2D eigenvalue weighted by atomic mass is 16.2. The first-order chi connectivity index (χ1) is 11.6. The highest BCUT2D eigenvalue weighted by Gasteiger charge is 2.29. The van der Waals surface area contributed by atoms with Crippen molar-refractivity contribution < 1.29 is 9.59 Å². The minimum Gasteiger partial charge on any atom is -0.338 e. The monoisotopic (exact) mass is 329 g/mol. The summed E-state index contributed by atoms with van der Waals surface area (Å²) in [6.07, 6.45) is 4.77. The van der Waals surface area contributed by atoms with Gasteiger partial charge >= 0.3 is 0 Å². The molecule has 2 heterocycles. The summed E-state index contributed by atoms with van der Waals surface area (Å²) >= 11 is 0. The number of hydrogen-bond donors (Lipinski definition) is 1. The van der Waals surface area contributed by atoms with Crippen LogP contribution in [0.25, 0.3) is 0 Å². The molecular weight excluding hydrogens is 302 g/mol. The van der Waals surface area contributed by atoms with Crippen LogP contribution in [-0.2, 0) is 11.3 Å². The Bertz CT molecular complexity index is 597. The van der Waals surface area contributed by atoms with E-state index in [2.05, 4.69) is 0 Å². The number of carbonyl (C=O) groups excluding carboxylic acids is 2. The van der Waals surface area contributed by atoms with Crippen molar-refractivity contribution in [2.45, 2.75) is 57.7 Å². The maximum atomic E-state index is 12.8. The number of nitrogens with two attached hydrogens (primary N) is 1. The number of piperidine rings is 1. The molecule has 3 rings (SSSR count). The average Bonchev–Trinajstić information content (AvgIpc) is 3.00. The topological polar surface area (TPSA) is 66.6 Å². The lowest BCUT2D eigenvalue weighted by molar-refractivity contribution is -0.128. The van der Waals surface area contributed by atoms with Crippen molar-refractivity contribution in [2.75, 3.05) is 13.1 Å². The molecule has 1 aromatic carbocycles. The summed E-state index contributed by atoms with van der Waals surface area (Å²) in [6, 6.07) is 7.81. The third kappa shape index (κ3) is 3.61. The van der Waals surface area contributed by atoms with Crippen molar-refractivity contribution in [3.63, 3.8) is 0 Å². The van der Waals surface area contributed by atoms with E-state index in [1.165, 1.54) is 0 Å². The van der Waals surface area contributed by atoms with E-state index in [0.717, 1.165) is 44.3 Å². The molecule has 2 atom stereocenters. The molecule has 5 heteroatoms. The van der Waals surface area contributed by atoms with Crippen molar-refractivity contribution >= 4 is 11.8 Å². The molecule has 0 aromatic heterocycles. The predicted molar refractivity (Wildman–Crippen MR) is 93.4 cm³/mol. The Morgan fingerprint density at radius 1 is 1.21 bits per heavy atom. The fourth-order valence-corrected chi connectivity index (χ4v) is 3.77. The molecule has 2 aliphatic rings. The number of benzene rings is 1. The second-order valence-electron chi connectivity index (χ2n) is 7.04. The van der Waals surface area contributed by atoms with Crippen molar-refractivity contribution in [1.29, 1.82) is 0 Å². The van der Waals surface area contributed by atoms with E-state index in [0.29, 0.717) is 18.5 Å². The summed E-state index contributed by atoms with van der Waals surface area (Å²) in [6.45, 7) is 4.24. The second-order valence-corrected chi connectivity index (χ2v) is 7.04. The maximum absolute atomic E-state index is 12.8. The van der Waals surface area contributed by atoms with Crippen LogP contribution in [0.4, 0.5) is 0 Å². The van der Waals surface area contributed by atoms with Crippen molar-refractivity contribution in [3.8, 4) is 0 Å². The molecule has 24 heavy (non-hydrogen) atoms. The predicted octanol–water partition coefficient (Wildman–Crippen LogP) is 2.15. The lowest BCUT2D eigenvalue weighted by Crippen LogP contribution is -2.51. The molecule has 2 fully saturated rings. The summed E-state index contributed by atoms with van der Waals surface area (Å²) in [5.74, 6) is 0.295. The Kier molecular flexibility index (Phi) is 5.19. The Labute approximate surface area is 143 Å². The van der Waals surface area contributed by atoms with Gasteiger partial charge in [-0.25, -0.2) is 0 Å². The first kappa shape index (κ1) is 17.0. The van der Waals surface area contributed by atoms with Gasteiger partial charge < -0.3 is 15.5 Å². The molecule has 0 radical (unpaired) electrons. The molecule has 0 unspecified atom stereocenters. The van der Waals surface area contributed by atoms with Crippen LogP contribution < -0.4 is 5.73 Å². The van der Waals surface area contributed by atoms with Gasteiger partial charge in [-0.15, -0.1) is 0 Å². The van der Waals surface area contributed by atoms with Gasteiger partial charge in [0.25, 0.3) is 5.91 Å². The van der Waals surface area contributed by atoms with E-state index in [4.69, 9.17) is 5.73 Å². The van der Waals surface area contributed by atoms with Gasteiger partial charge in [0.2, 0.25) is 5.91 Å². The van der Waals surface area contributed by atoms with E-state index in [-0.39, 0.29) is 23.9 Å². The van der Waals surface area contributed by atoms with Crippen LogP contribution in [0.2, 0.25) is 0 Å². The third-order valence-electron chi connectivity index (χ3n) is 5.16. The molecule has 0 saturated carbocycles. The standard InChI is InChI=1S/C19H27N3O2/c1-14(20)17-5-2-3-12-22(17)19(24)16-9-7-15(8-10-16)13-21-11-4-6-18(21)23/h7-10,14,17H,2-6,11-13,20H2,1H3/t14-,17-/m0/s1. The minimum atomic E-state index is -0.00491. The minimum absolute atomic E-state index is 0.00491. The smallest absolute Gasteiger partial charge is 0.254 e. The molecule has 1 aromatic rings. The van der Waals surface area contributed by atoms with Crippen LogP contribution in [-0.4, -0.2) is 46.8 Å². The normalized spacial score (nSPS) is 22.8. The van der Waals surface area contributed by atoms with Gasteiger partial charge in [-0.3, -0.25) is 9.59 Å². The molecule has 2 N–H and O–H groups in total. The number of nitrogens with zero attached hydrogens (tertiary/aromatic N) is 2. The van der Waals surface area contributed by atoms with E-state index in [1.807, 2.05) is 41.0 Å². The average molecular weight is 329 g/mol. The van der Waals surface area contributed by atoms with E-state index >= 15 is 0 Å². The summed E-state index contributed by atoms with van der Waals surface area (Å²) in [5.41, 5.74) is 7.85. The first-order valence-corrected chi connectivity index (χ1v) is 8.99. The summed E-state index contributed by atoms with van der Waals surface area (Å²) in [4.78, 5) is 28.4. The second kappa shape index (κ2) is 7.34. The van der Waals surface area contributed by atoms with Crippen LogP contribution in [0.1, 0.15) is 54.9 Å². The van der Waals surface area contributed by atoms with Gasteiger partial charge in [0, 0.05) is 43.7 Å². The Hall–Kier alpha value is -1.88. The zero-order valence-corrected chi connectivity index (χ0v) is 14.4. The van der Waals surface area contributed by atoms with E-state index < -0.39 is 0 Å². The Balaban J connectivity index is 1.68. The van der Waals surface area contributed by atoms with Crippen LogP contribution in [0.3, 0.4) is 0 Å². The number of rotatable bonds is 4. The molecule has 130 valence electrons. The van der Waals surface area contributed by atoms with Gasteiger partial charge in [-0.2, -0.15) is 0 Å². The molecule has 0 aliphatic carbocycles. The van der Waals surface area contributed by atoms with Gasteiger partial charge in [-0.05, 0) is 50.3 Å².